The molecule has 1 saturated heterocycles. The van der Waals surface area contributed by atoms with Crippen LogP contribution in [-0.4, -0.2) is 44.3 Å². The Balaban J connectivity index is 2.44. The molecule has 1 heterocycles. The molecule has 18 heavy (non-hydrogen) atoms. The zero-order chi connectivity index (χ0) is 13.1. The Labute approximate surface area is 107 Å². The Morgan fingerprint density at radius 1 is 1.39 bits per heavy atom. The maximum atomic E-state index is 11.3. The van der Waals surface area contributed by atoms with Gasteiger partial charge in [0, 0.05) is 44.6 Å². The van der Waals surface area contributed by atoms with Crippen LogP contribution in [-0.2, 0) is 0 Å². The summed E-state index contributed by atoms with van der Waals surface area (Å²) in [7, 11) is 1.80. The summed E-state index contributed by atoms with van der Waals surface area (Å²) < 4.78 is 0. The number of benzene rings is 1. The van der Waals surface area contributed by atoms with E-state index in [1.54, 1.807) is 13.1 Å². The van der Waals surface area contributed by atoms with Gasteiger partial charge in [-0.3, -0.25) is 0 Å². The summed E-state index contributed by atoms with van der Waals surface area (Å²) in [5.74, 6) is -0.874. The maximum Gasteiger partial charge on any atom is 0.336 e. The molecular formula is C13H19N3O2. The Morgan fingerprint density at radius 3 is 2.61 bits per heavy atom. The van der Waals surface area contributed by atoms with Gasteiger partial charge in [-0.15, -0.1) is 0 Å². The molecule has 5 heteroatoms. The molecule has 5 nitrogen and oxygen atoms in total. The van der Waals surface area contributed by atoms with E-state index in [0.29, 0.717) is 5.56 Å². The minimum absolute atomic E-state index is 0.371. The van der Waals surface area contributed by atoms with Gasteiger partial charge >= 0.3 is 5.97 Å². The predicted molar refractivity (Wildman–Crippen MR) is 72.8 cm³/mol. The lowest BCUT2D eigenvalue weighted by atomic mass is 10.0. The number of piperazine rings is 1. The summed E-state index contributed by atoms with van der Waals surface area (Å²) in [5, 5.41) is 15.6. The molecule has 0 aliphatic carbocycles. The Hall–Kier alpha value is -1.75. The molecule has 0 unspecified atom stereocenters. The van der Waals surface area contributed by atoms with Crippen molar-refractivity contribution < 1.29 is 9.90 Å². The first-order chi connectivity index (χ1) is 8.63. The van der Waals surface area contributed by atoms with Crippen molar-refractivity contribution >= 4 is 17.3 Å². The summed E-state index contributed by atoms with van der Waals surface area (Å²) in [4.78, 5) is 13.5. The second kappa shape index (κ2) is 5.27. The average Bonchev–Trinajstić information content (AvgIpc) is 2.39. The van der Waals surface area contributed by atoms with Crippen LogP contribution in [0.4, 0.5) is 11.4 Å². The highest BCUT2D eigenvalue weighted by atomic mass is 16.4. The van der Waals surface area contributed by atoms with Gasteiger partial charge in [-0.1, -0.05) is 0 Å². The summed E-state index contributed by atoms with van der Waals surface area (Å²) in [6, 6.07) is 3.70. The lowest BCUT2D eigenvalue weighted by molar-refractivity contribution is 0.0696. The molecule has 1 aliphatic heterocycles. The van der Waals surface area contributed by atoms with Crippen molar-refractivity contribution in [2.75, 3.05) is 43.4 Å². The third-order valence-corrected chi connectivity index (χ3v) is 3.36. The number of aromatic carboxylic acids is 1. The summed E-state index contributed by atoms with van der Waals surface area (Å²) in [6.45, 7) is 5.57. The van der Waals surface area contributed by atoms with Crippen LogP contribution in [0.15, 0.2) is 12.1 Å². The lowest BCUT2D eigenvalue weighted by Gasteiger charge is -2.31. The molecule has 1 aromatic rings. The van der Waals surface area contributed by atoms with Crippen LogP contribution >= 0.6 is 0 Å². The van der Waals surface area contributed by atoms with Gasteiger partial charge in [0.2, 0.25) is 0 Å². The van der Waals surface area contributed by atoms with Gasteiger partial charge in [-0.2, -0.15) is 0 Å². The van der Waals surface area contributed by atoms with Crippen molar-refractivity contribution in [1.82, 2.24) is 5.32 Å². The highest BCUT2D eigenvalue weighted by Crippen LogP contribution is 2.28. The average molecular weight is 249 g/mol. The van der Waals surface area contributed by atoms with E-state index in [1.807, 2.05) is 13.0 Å². The SMILES string of the molecule is CNc1cc(C(=O)O)c(C)c(N2CCNCC2)c1. The highest BCUT2D eigenvalue weighted by Gasteiger charge is 2.18. The van der Waals surface area contributed by atoms with E-state index in [-0.39, 0.29) is 0 Å². The molecule has 3 N–H and O–H groups in total. The number of anilines is 2. The molecule has 1 aromatic carbocycles. The minimum atomic E-state index is -0.874. The van der Waals surface area contributed by atoms with E-state index in [9.17, 15) is 9.90 Å². The molecule has 0 amide bonds. The molecule has 1 aliphatic rings. The predicted octanol–water partition coefficient (Wildman–Crippen LogP) is 1.14. The van der Waals surface area contributed by atoms with Crippen molar-refractivity contribution in [3.63, 3.8) is 0 Å². The van der Waals surface area contributed by atoms with Gasteiger partial charge in [0.05, 0.1) is 5.56 Å². The van der Waals surface area contributed by atoms with Crippen LogP contribution in [0.1, 0.15) is 15.9 Å². The van der Waals surface area contributed by atoms with Gasteiger partial charge in [-0.05, 0) is 24.6 Å². The molecule has 2 rings (SSSR count). The van der Waals surface area contributed by atoms with Crippen molar-refractivity contribution in [2.24, 2.45) is 0 Å². The van der Waals surface area contributed by atoms with Gasteiger partial charge < -0.3 is 20.6 Å². The Bertz CT molecular complexity index is 454. The normalized spacial score (nSPS) is 15.6. The van der Waals surface area contributed by atoms with Gasteiger partial charge in [0.25, 0.3) is 0 Å². The van der Waals surface area contributed by atoms with Crippen molar-refractivity contribution in [3.8, 4) is 0 Å². The van der Waals surface area contributed by atoms with Crippen LogP contribution in [0.3, 0.4) is 0 Å². The molecular weight excluding hydrogens is 230 g/mol. The summed E-state index contributed by atoms with van der Waals surface area (Å²) >= 11 is 0. The largest absolute Gasteiger partial charge is 0.478 e. The van der Waals surface area contributed by atoms with Crippen molar-refractivity contribution in [1.29, 1.82) is 0 Å². The fraction of sp³-hybridized carbons (Fsp3) is 0.462. The number of nitrogens with one attached hydrogen (secondary N) is 2. The minimum Gasteiger partial charge on any atom is -0.478 e. The molecule has 0 atom stereocenters. The smallest absolute Gasteiger partial charge is 0.336 e. The van der Waals surface area contributed by atoms with Gasteiger partial charge in [0.1, 0.15) is 0 Å². The number of hydrogen-bond acceptors (Lipinski definition) is 4. The quantitative estimate of drug-likeness (QED) is 0.750. The number of nitrogens with zero attached hydrogens (tertiary/aromatic N) is 1. The van der Waals surface area contributed by atoms with Crippen LogP contribution in [0.2, 0.25) is 0 Å². The third kappa shape index (κ3) is 2.41. The third-order valence-electron chi connectivity index (χ3n) is 3.36. The maximum absolute atomic E-state index is 11.3. The van der Waals surface area contributed by atoms with E-state index < -0.39 is 5.97 Å². The summed E-state index contributed by atoms with van der Waals surface area (Å²) in [6.07, 6.45) is 0. The highest BCUT2D eigenvalue weighted by molar-refractivity contribution is 5.93. The number of carbonyl (C=O) groups is 1. The Morgan fingerprint density at radius 2 is 2.06 bits per heavy atom. The molecule has 0 radical (unpaired) electrons. The first-order valence-electron chi connectivity index (χ1n) is 6.15. The van der Waals surface area contributed by atoms with Crippen LogP contribution in [0.25, 0.3) is 0 Å². The number of carboxylic acids is 1. The number of rotatable bonds is 3. The molecule has 0 bridgehead atoms. The number of carboxylic acid groups (broad SMARTS) is 1. The topological polar surface area (TPSA) is 64.6 Å². The van der Waals surface area contributed by atoms with Gasteiger partial charge in [-0.25, -0.2) is 4.79 Å². The van der Waals surface area contributed by atoms with Crippen LogP contribution in [0, 0.1) is 6.92 Å². The molecule has 0 aromatic heterocycles. The zero-order valence-electron chi connectivity index (χ0n) is 10.8. The van der Waals surface area contributed by atoms with Crippen LogP contribution in [0.5, 0.6) is 0 Å². The standard InChI is InChI=1S/C13H19N3O2/c1-9-11(13(17)18)7-10(14-2)8-12(9)16-5-3-15-4-6-16/h7-8,14-15H,3-6H2,1-2H3,(H,17,18). The van der Waals surface area contributed by atoms with Crippen LogP contribution < -0.4 is 15.5 Å². The Kier molecular flexibility index (Phi) is 3.72. The van der Waals surface area contributed by atoms with Crippen molar-refractivity contribution in [2.45, 2.75) is 6.92 Å². The molecule has 98 valence electrons. The molecule has 1 fully saturated rings. The summed E-state index contributed by atoms with van der Waals surface area (Å²) in [5.41, 5.74) is 3.06. The lowest BCUT2D eigenvalue weighted by Crippen LogP contribution is -2.43. The van der Waals surface area contributed by atoms with Crippen molar-refractivity contribution in [3.05, 3.63) is 23.3 Å². The fourth-order valence-electron chi connectivity index (χ4n) is 2.30. The molecule has 0 spiro atoms. The fourth-order valence-corrected chi connectivity index (χ4v) is 2.30. The van der Waals surface area contributed by atoms with E-state index in [0.717, 1.165) is 43.1 Å². The monoisotopic (exact) mass is 249 g/mol. The number of hydrogen-bond donors (Lipinski definition) is 3. The zero-order valence-corrected chi connectivity index (χ0v) is 10.8. The van der Waals surface area contributed by atoms with E-state index in [1.165, 1.54) is 0 Å². The molecule has 0 saturated carbocycles. The second-order valence-corrected chi connectivity index (χ2v) is 4.46. The van der Waals surface area contributed by atoms with E-state index in [2.05, 4.69) is 15.5 Å². The van der Waals surface area contributed by atoms with E-state index >= 15 is 0 Å². The first-order valence-corrected chi connectivity index (χ1v) is 6.15. The van der Waals surface area contributed by atoms with Gasteiger partial charge in [0.15, 0.2) is 0 Å². The van der Waals surface area contributed by atoms with E-state index in [4.69, 9.17) is 0 Å². The first kappa shape index (κ1) is 12.7. The second-order valence-electron chi connectivity index (χ2n) is 4.46.